The van der Waals surface area contributed by atoms with Crippen molar-refractivity contribution >= 4 is 46.3 Å². The molecule has 6 nitrogen and oxygen atoms in total. The van der Waals surface area contributed by atoms with Crippen molar-refractivity contribution in [2.24, 2.45) is 0 Å². The van der Waals surface area contributed by atoms with Crippen LogP contribution in [0.25, 0.3) is 5.76 Å². The highest BCUT2D eigenvalue weighted by Crippen LogP contribution is 2.44. The Labute approximate surface area is 204 Å². The molecule has 1 aliphatic rings. The molecule has 174 valence electrons. The summed E-state index contributed by atoms with van der Waals surface area (Å²) in [6.45, 7) is 0. The van der Waals surface area contributed by atoms with Crippen LogP contribution in [0.2, 0.25) is 10.0 Å². The zero-order valence-corrected chi connectivity index (χ0v) is 19.5. The molecule has 1 atom stereocenters. The maximum absolute atomic E-state index is 13.7. The van der Waals surface area contributed by atoms with Gasteiger partial charge in [-0.15, -0.1) is 0 Å². The largest absolute Gasteiger partial charge is 0.507 e. The molecule has 3 aromatic carbocycles. The summed E-state index contributed by atoms with van der Waals surface area (Å²) in [6.07, 6.45) is 0. The molecule has 0 aliphatic carbocycles. The quantitative estimate of drug-likeness (QED) is 0.272. The lowest BCUT2D eigenvalue weighted by molar-refractivity contribution is -0.132. The molecule has 0 bridgehead atoms. The average Bonchev–Trinajstić information content (AvgIpc) is 3.09. The van der Waals surface area contributed by atoms with Crippen LogP contribution in [-0.2, 0) is 9.59 Å². The lowest BCUT2D eigenvalue weighted by Gasteiger charge is -2.26. The summed E-state index contributed by atoms with van der Waals surface area (Å²) in [5.41, 5.74) is 0.617. The van der Waals surface area contributed by atoms with E-state index in [-0.39, 0.29) is 26.9 Å². The second-order valence-corrected chi connectivity index (χ2v) is 8.23. The summed E-state index contributed by atoms with van der Waals surface area (Å²) in [6, 6.07) is 13.3. The molecule has 1 N–H and O–H groups in total. The number of anilines is 1. The van der Waals surface area contributed by atoms with Gasteiger partial charge in [-0.05, 0) is 54.1 Å². The van der Waals surface area contributed by atoms with E-state index in [2.05, 4.69) is 0 Å². The molecule has 1 saturated heterocycles. The number of halogens is 3. The minimum Gasteiger partial charge on any atom is -0.507 e. The highest BCUT2D eigenvalue weighted by atomic mass is 35.5. The normalized spacial score (nSPS) is 17.2. The van der Waals surface area contributed by atoms with Gasteiger partial charge in [-0.3, -0.25) is 14.5 Å². The molecular weight excluding hydrogens is 484 g/mol. The molecule has 9 heteroatoms. The molecule has 1 unspecified atom stereocenters. The van der Waals surface area contributed by atoms with Crippen LogP contribution in [0.3, 0.4) is 0 Å². The molecule has 0 radical (unpaired) electrons. The highest BCUT2D eigenvalue weighted by Gasteiger charge is 2.47. The highest BCUT2D eigenvalue weighted by molar-refractivity contribution is 6.52. The lowest BCUT2D eigenvalue weighted by atomic mass is 9.94. The van der Waals surface area contributed by atoms with E-state index in [1.165, 1.54) is 61.6 Å². The van der Waals surface area contributed by atoms with E-state index in [1.54, 1.807) is 18.2 Å². The van der Waals surface area contributed by atoms with Gasteiger partial charge in [0.2, 0.25) is 0 Å². The number of rotatable bonds is 5. The Bertz CT molecular complexity index is 1320. The monoisotopic (exact) mass is 501 g/mol. The minimum atomic E-state index is -1.08. The Morgan fingerprint density at radius 2 is 1.59 bits per heavy atom. The van der Waals surface area contributed by atoms with Crippen molar-refractivity contribution < 1.29 is 28.6 Å². The first kappa shape index (κ1) is 23.6. The second kappa shape index (κ2) is 9.37. The summed E-state index contributed by atoms with van der Waals surface area (Å²) in [5, 5.41) is 11.8. The van der Waals surface area contributed by atoms with Gasteiger partial charge in [0.1, 0.15) is 23.1 Å². The number of aliphatic hydroxyl groups excluding tert-OH is 1. The number of aliphatic hydroxyl groups is 1. The smallest absolute Gasteiger partial charge is 0.300 e. The van der Waals surface area contributed by atoms with Crippen LogP contribution in [0.1, 0.15) is 17.2 Å². The van der Waals surface area contributed by atoms with Gasteiger partial charge in [0, 0.05) is 10.7 Å². The number of methoxy groups -OCH3 is 2. The Morgan fingerprint density at radius 1 is 0.941 bits per heavy atom. The Morgan fingerprint density at radius 3 is 2.21 bits per heavy atom. The molecule has 0 spiro atoms. The van der Waals surface area contributed by atoms with Crippen LogP contribution >= 0.6 is 23.2 Å². The minimum absolute atomic E-state index is 0.132. The van der Waals surface area contributed by atoms with E-state index in [0.29, 0.717) is 17.0 Å². The van der Waals surface area contributed by atoms with Gasteiger partial charge in [0.05, 0.1) is 36.4 Å². The molecule has 1 amide bonds. The molecular formula is C25H18Cl2FNO5. The zero-order chi connectivity index (χ0) is 24.6. The predicted molar refractivity (Wildman–Crippen MR) is 127 cm³/mol. The number of Topliss-reactive ketones (excluding diaryl/α,β-unsaturated/α-hetero) is 1. The van der Waals surface area contributed by atoms with Crippen LogP contribution in [-0.4, -0.2) is 31.0 Å². The number of ketones is 1. The molecule has 34 heavy (non-hydrogen) atoms. The molecule has 1 aliphatic heterocycles. The van der Waals surface area contributed by atoms with Crippen LogP contribution in [0.5, 0.6) is 11.5 Å². The first-order valence-corrected chi connectivity index (χ1v) is 10.8. The van der Waals surface area contributed by atoms with Gasteiger partial charge in [0.25, 0.3) is 11.7 Å². The predicted octanol–water partition coefficient (Wildman–Crippen LogP) is 5.78. The zero-order valence-electron chi connectivity index (χ0n) is 18.0. The topological polar surface area (TPSA) is 76.1 Å². The maximum Gasteiger partial charge on any atom is 0.300 e. The van der Waals surface area contributed by atoms with Gasteiger partial charge < -0.3 is 14.6 Å². The number of hydrogen-bond donors (Lipinski definition) is 1. The van der Waals surface area contributed by atoms with Gasteiger partial charge in [0.15, 0.2) is 0 Å². The fraction of sp³-hybridized carbons (Fsp3) is 0.120. The van der Waals surface area contributed by atoms with Crippen molar-refractivity contribution in [3.8, 4) is 11.5 Å². The van der Waals surface area contributed by atoms with E-state index < -0.39 is 29.3 Å². The van der Waals surface area contributed by atoms with Gasteiger partial charge in [-0.25, -0.2) is 4.39 Å². The Kier molecular flexibility index (Phi) is 6.50. The van der Waals surface area contributed by atoms with Gasteiger partial charge in [-0.1, -0.05) is 35.3 Å². The van der Waals surface area contributed by atoms with Crippen molar-refractivity contribution in [2.45, 2.75) is 6.04 Å². The number of amides is 1. The van der Waals surface area contributed by atoms with E-state index in [4.69, 9.17) is 32.7 Å². The fourth-order valence-electron chi connectivity index (χ4n) is 3.87. The third-order valence-corrected chi connectivity index (χ3v) is 5.99. The van der Waals surface area contributed by atoms with E-state index in [9.17, 15) is 19.1 Å². The first-order chi connectivity index (χ1) is 16.3. The summed E-state index contributed by atoms with van der Waals surface area (Å²) in [4.78, 5) is 27.6. The van der Waals surface area contributed by atoms with Crippen molar-refractivity contribution in [1.29, 1.82) is 0 Å². The Hall–Kier alpha value is -3.55. The van der Waals surface area contributed by atoms with Gasteiger partial charge in [-0.2, -0.15) is 0 Å². The Balaban J connectivity index is 1.98. The number of carbonyl (C=O) groups excluding carboxylic acids is 2. The maximum atomic E-state index is 13.7. The first-order valence-electron chi connectivity index (χ1n) is 10.0. The number of hydrogen-bond acceptors (Lipinski definition) is 5. The molecule has 0 saturated carbocycles. The van der Waals surface area contributed by atoms with Crippen molar-refractivity contribution in [1.82, 2.24) is 0 Å². The van der Waals surface area contributed by atoms with Crippen LogP contribution < -0.4 is 14.4 Å². The number of benzene rings is 3. The molecule has 1 heterocycles. The number of carbonyl (C=O) groups is 2. The standard InChI is InChI=1S/C25H18Cl2FNO5/c1-33-19-9-5-14(26)11-17(19)23(30)21-22(13-3-6-15(28)7-4-13)29(25(32)24(21)31)16-8-10-20(34-2)18(27)12-16/h3-12,22,30H,1-2H3/b23-21+. The molecule has 0 aromatic heterocycles. The third-order valence-electron chi connectivity index (χ3n) is 5.46. The summed E-state index contributed by atoms with van der Waals surface area (Å²) in [5.74, 6) is -2.17. The second-order valence-electron chi connectivity index (χ2n) is 7.38. The molecule has 4 rings (SSSR count). The van der Waals surface area contributed by atoms with Crippen LogP contribution in [0.15, 0.2) is 66.2 Å². The van der Waals surface area contributed by atoms with E-state index in [0.717, 1.165) is 0 Å². The van der Waals surface area contributed by atoms with Gasteiger partial charge >= 0.3 is 0 Å². The third kappa shape index (κ3) is 4.08. The van der Waals surface area contributed by atoms with E-state index >= 15 is 0 Å². The molecule has 3 aromatic rings. The summed E-state index contributed by atoms with van der Waals surface area (Å²) < 4.78 is 24.2. The SMILES string of the molecule is COc1ccc(N2C(=O)C(=O)/C(=C(/O)c3cc(Cl)ccc3OC)C2c2ccc(F)cc2)cc1Cl. The lowest BCUT2D eigenvalue weighted by Crippen LogP contribution is -2.29. The average molecular weight is 502 g/mol. The summed E-state index contributed by atoms with van der Waals surface area (Å²) >= 11 is 12.4. The van der Waals surface area contributed by atoms with Crippen molar-refractivity contribution in [2.75, 3.05) is 19.1 Å². The van der Waals surface area contributed by atoms with Crippen molar-refractivity contribution in [3.63, 3.8) is 0 Å². The summed E-state index contributed by atoms with van der Waals surface area (Å²) in [7, 11) is 2.85. The van der Waals surface area contributed by atoms with Crippen LogP contribution in [0.4, 0.5) is 10.1 Å². The fourth-order valence-corrected chi connectivity index (χ4v) is 4.30. The number of ether oxygens (including phenoxy) is 2. The number of nitrogens with zero attached hydrogens (tertiary/aromatic N) is 1. The van der Waals surface area contributed by atoms with E-state index in [1.807, 2.05) is 0 Å². The van der Waals surface area contributed by atoms with Crippen LogP contribution in [0, 0.1) is 5.82 Å². The van der Waals surface area contributed by atoms with Crippen molar-refractivity contribution in [3.05, 3.63) is 93.2 Å². The molecule has 1 fully saturated rings.